The summed E-state index contributed by atoms with van der Waals surface area (Å²) in [4.78, 5) is 21.6. The molecule has 9 heteroatoms. The van der Waals surface area contributed by atoms with Crippen molar-refractivity contribution in [3.05, 3.63) is 0 Å². The first-order chi connectivity index (χ1) is 10.2. The predicted octanol–water partition coefficient (Wildman–Crippen LogP) is -1.68. The van der Waals surface area contributed by atoms with Gasteiger partial charge in [-0.15, -0.1) is 0 Å². The van der Waals surface area contributed by atoms with Crippen LogP contribution in [0.2, 0.25) is 0 Å². The average molecular weight is 362 g/mol. The topological polar surface area (TPSA) is 121 Å². The van der Waals surface area contributed by atoms with Crippen LogP contribution in [0.5, 0.6) is 0 Å². The van der Waals surface area contributed by atoms with E-state index in [1.54, 1.807) is 0 Å². The van der Waals surface area contributed by atoms with E-state index in [1.165, 1.54) is 12.8 Å². The summed E-state index contributed by atoms with van der Waals surface area (Å²) in [7, 11) is -4.80. The fourth-order valence-corrected chi connectivity index (χ4v) is 1.91. The number of unbranched alkanes of at least 4 members (excludes halogenated alkanes) is 4. The Labute approximate surface area is 161 Å². The molecule has 0 aromatic rings. The standard InChI is InChI=1S/C10H18O7S.C4H10.Na/c1-2-3-4-5-6-17-10(13)8(7-9(11)12)18(14,15)16;1-3-4-2;/h8H,2-7H2,1H3,(H,11,12)(H,14,15,16);3-4H2,1-2H3;/q;;+1/p-1. The summed E-state index contributed by atoms with van der Waals surface area (Å²) < 4.78 is 34.9. The number of carbonyl (C=O) groups excluding carboxylic acids is 2. The number of esters is 1. The van der Waals surface area contributed by atoms with E-state index < -0.39 is 33.7 Å². The van der Waals surface area contributed by atoms with Crippen molar-refractivity contribution in [2.24, 2.45) is 0 Å². The molecular weight excluding hydrogens is 335 g/mol. The van der Waals surface area contributed by atoms with Crippen LogP contribution in [-0.2, 0) is 24.4 Å². The Morgan fingerprint density at radius 3 is 1.91 bits per heavy atom. The van der Waals surface area contributed by atoms with Crippen molar-refractivity contribution >= 4 is 22.1 Å². The molecule has 0 fully saturated rings. The molecule has 0 amide bonds. The van der Waals surface area contributed by atoms with Gasteiger partial charge in [0, 0.05) is 12.4 Å². The Morgan fingerprint density at radius 2 is 1.57 bits per heavy atom. The summed E-state index contributed by atoms with van der Waals surface area (Å²) in [6.07, 6.45) is 4.85. The van der Waals surface area contributed by atoms with E-state index in [-0.39, 0.29) is 36.2 Å². The summed E-state index contributed by atoms with van der Waals surface area (Å²) >= 11 is 0. The van der Waals surface area contributed by atoms with E-state index in [4.69, 9.17) is 4.55 Å². The maximum Gasteiger partial charge on any atom is 1.00 e. The number of rotatable bonds is 10. The number of aliphatic carboxylic acids is 1. The number of carboxylic acids is 1. The molecule has 0 aliphatic rings. The van der Waals surface area contributed by atoms with Crippen LogP contribution in [0.1, 0.15) is 65.7 Å². The number of ether oxygens (including phenoxy) is 1. The van der Waals surface area contributed by atoms with Crippen molar-refractivity contribution in [1.29, 1.82) is 0 Å². The average Bonchev–Trinajstić information content (AvgIpc) is 2.43. The molecule has 0 spiro atoms. The smallest absolute Gasteiger partial charge is 0.550 e. The Hall–Kier alpha value is -0.150. The number of carbonyl (C=O) groups is 2. The zero-order valence-electron chi connectivity index (χ0n) is 14.5. The Bertz CT molecular complexity index is 407. The molecule has 7 nitrogen and oxygen atoms in total. The van der Waals surface area contributed by atoms with Gasteiger partial charge in [0.1, 0.15) is 0 Å². The monoisotopic (exact) mass is 362 g/mol. The molecule has 0 bridgehead atoms. The SMILES string of the molecule is CCCC.CCCCCCOC(=O)C(CC(=O)[O-])S(=O)(=O)O.[Na+]. The third-order valence-corrected chi connectivity index (χ3v) is 3.79. The Morgan fingerprint density at radius 1 is 1.04 bits per heavy atom. The van der Waals surface area contributed by atoms with E-state index >= 15 is 0 Å². The largest absolute Gasteiger partial charge is 1.00 e. The summed E-state index contributed by atoms with van der Waals surface area (Å²) in [5.41, 5.74) is 0. The van der Waals surface area contributed by atoms with Gasteiger partial charge in [0.15, 0.2) is 5.25 Å². The Kier molecular flexibility index (Phi) is 20.1. The summed E-state index contributed by atoms with van der Waals surface area (Å²) in [5.74, 6) is -3.02. The summed E-state index contributed by atoms with van der Waals surface area (Å²) in [6, 6.07) is 0. The number of hydrogen-bond donors (Lipinski definition) is 1. The molecular formula is C14H27NaO7S. The molecule has 1 unspecified atom stereocenters. The van der Waals surface area contributed by atoms with Crippen LogP contribution in [-0.4, -0.2) is 36.8 Å². The van der Waals surface area contributed by atoms with Gasteiger partial charge >= 0.3 is 35.5 Å². The zero-order chi connectivity index (χ0) is 17.6. The minimum atomic E-state index is -4.80. The van der Waals surface area contributed by atoms with Crippen LogP contribution in [0.4, 0.5) is 0 Å². The van der Waals surface area contributed by atoms with Crippen LogP contribution in [0.15, 0.2) is 0 Å². The van der Waals surface area contributed by atoms with Crippen molar-refractivity contribution in [3.63, 3.8) is 0 Å². The minimum Gasteiger partial charge on any atom is -0.550 e. The number of hydrogen-bond acceptors (Lipinski definition) is 6. The molecule has 0 aromatic carbocycles. The molecule has 0 radical (unpaired) electrons. The van der Waals surface area contributed by atoms with Gasteiger partial charge in [-0.05, 0) is 6.42 Å². The van der Waals surface area contributed by atoms with Gasteiger partial charge in [0.2, 0.25) is 0 Å². The quantitative estimate of drug-likeness (QED) is 0.213. The molecule has 0 saturated carbocycles. The molecule has 23 heavy (non-hydrogen) atoms. The molecule has 132 valence electrons. The Balaban J connectivity index is -0.000000712. The normalized spacial score (nSPS) is 11.5. The van der Waals surface area contributed by atoms with Crippen LogP contribution in [0.25, 0.3) is 0 Å². The van der Waals surface area contributed by atoms with E-state index in [0.717, 1.165) is 19.3 Å². The van der Waals surface area contributed by atoms with Crippen molar-refractivity contribution in [1.82, 2.24) is 0 Å². The second kappa shape index (κ2) is 16.7. The second-order valence-corrected chi connectivity index (χ2v) is 6.41. The maximum atomic E-state index is 11.3. The van der Waals surface area contributed by atoms with E-state index in [0.29, 0.717) is 6.42 Å². The van der Waals surface area contributed by atoms with Gasteiger partial charge in [-0.1, -0.05) is 52.9 Å². The van der Waals surface area contributed by atoms with Crippen LogP contribution in [0, 0.1) is 0 Å². The third-order valence-electron chi connectivity index (χ3n) is 2.72. The fourth-order valence-electron chi connectivity index (χ4n) is 1.26. The van der Waals surface area contributed by atoms with Crippen molar-refractivity contribution in [2.45, 2.75) is 71.0 Å². The zero-order valence-corrected chi connectivity index (χ0v) is 17.4. The first-order valence-corrected chi connectivity index (χ1v) is 9.03. The minimum absolute atomic E-state index is 0. The van der Waals surface area contributed by atoms with Crippen LogP contribution >= 0.6 is 0 Å². The first-order valence-electron chi connectivity index (χ1n) is 7.53. The molecule has 0 saturated heterocycles. The van der Waals surface area contributed by atoms with Gasteiger partial charge in [-0.2, -0.15) is 8.42 Å². The van der Waals surface area contributed by atoms with Gasteiger partial charge in [-0.25, -0.2) is 0 Å². The van der Waals surface area contributed by atoms with Gasteiger partial charge in [0.25, 0.3) is 10.1 Å². The van der Waals surface area contributed by atoms with Crippen molar-refractivity contribution < 1.29 is 62.0 Å². The first kappa shape index (κ1) is 27.7. The van der Waals surface area contributed by atoms with Gasteiger partial charge < -0.3 is 14.6 Å². The third kappa shape index (κ3) is 18.0. The second-order valence-electron chi connectivity index (χ2n) is 4.81. The fraction of sp³-hybridized carbons (Fsp3) is 0.857. The summed E-state index contributed by atoms with van der Waals surface area (Å²) in [5, 5.41) is 8.16. The van der Waals surface area contributed by atoms with Crippen LogP contribution < -0.4 is 34.7 Å². The summed E-state index contributed by atoms with van der Waals surface area (Å²) in [6.45, 7) is 6.36. The van der Waals surface area contributed by atoms with Crippen molar-refractivity contribution in [2.75, 3.05) is 6.61 Å². The van der Waals surface area contributed by atoms with E-state index in [1.807, 2.05) is 6.92 Å². The molecule has 0 aliphatic heterocycles. The van der Waals surface area contributed by atoms with Crippen molar-refractivity contribution in [3.8, 4) is 0 Å². The van der Waals surface area contributed by atoms with Gasteiger partial charge in [0.05, 0.1) is 6.61 Å². The van der Waals surface area contributed by atoms with E-state index in [2.05, 4.69) is 18.6 Å². The molecule has 0 aliphatic carbocycles. The molecule has 0 aromatic heterocycles. The van der Waals surface area contributed by atoms with E-state index in [9.17, 15) is 23.1 Å². The van der Waals surface area contributed by atoms with Gasteiger partial charge in [-0.3, -0.25) is 9.35 Å². The molecule has 0 heterocycles. The van der Waals surface area contributed by atoms with Crippen LogP contribution in [0.3, 0.4) is 0 Å². The molecule has 1 atom stereocenters. The predicted molar refractivity (Wildman–Crippen MR) is 80.6 cm³/mol. The molecule has 1 N–H and O–H groups in total. The maximum absolute atomic E-state index is 11.3. The number of carboxylic acid groups (broad SMARTS) is 1. The molecule has 0 rings (SSSR count).